The summed E-state index contributed by atoms with van der Waals surface area (Å²) >= 11 is 0. The first-order valence-corrected chi connectivity index (χ1v) is 8.88. The quantitative estimate of drug-likeness (QED) is 0.357. The molecule has 0 saturated heterocycles. The molecule has 0 aliphatic carbocycles. The van der Waals surface area contributed by atoms with Gasteiger partial charge >= 0.3 is 0 Å². The molecule has 1 unspecified atom stereocenters. The number of likely N-dealkylation sites (N-methyl/N-ethyl adjacent to an activating group) is 1. The Kier molecular flexibility index (Phi) is 12.5. The second-order valence-electron chi connectivity index (χ2n) is 6.80. The van der Waals surface area contributed by atoms with Gasteiger partial charge in [0.25, 0.3) is 0 Å². The van der Waals surface area contributed by atoms with Crippen molar-refractivity contribution < 1.29 is 0 Å². The van der Waals surface area contributed by atoms with Gasteiger partial charge in [0.15, 0.2) is 0 Å². The summed E-state index contributed by atoms with van der Waals surface area (Å²) < 4.78 is 0. The van der Waals surface area contributed by atoms with Crippen molar-refractivity contribution in [3.8, 4) is 0 Å². The van der Waals surface area contributed by atoms with Gasteiger partial charge in [0.05, 0.1) is 0 Å². The van der Waals surface area contributed by atoms with Crippen LogP contribution in [0.3, 0.4) is 0 Å². The molecule has 0 N–H and O–H groups in total. The minimum absolute atomic E-state index is 0.790. The molecule has 23 heavy (non-hydrogen) atoms. The van der Waals surface area contributed by atoms with Gasteiger partial charge in [0.1, 0.15) is 0 Å². The second kappa shape index (κ2) is 13.2. The summed E-state index contributed by atoms with van der Waals surface area (Å²) in [5.74, 6) is 0.790. The van der Waals surface area contributed by atoms with E-state index in [-0.39, 0.29) is 0 Å². The largest absolute Gasteiger partial charge is 0.384 e. The first-order valence-electron chi connectivity index (χ1n) is 8.88. The van der Waals surface area contributed by atoms with Crippen molar-refractivity contribution in [3.05, 3.63) is 48.2 Å². The van der Waals surface area contributed by atoms with Crippen LogP contribution in [-0.4, -0.2) is 44.0 Å². The van der Waals surface area contributed by atoms with Crippen LogP contribution < -0.4 is 0 Å². The lowest BCUT2D eigenvalue weighted by Gasteiger charge is -2.18. The van der Waals surface area contributed by atoms with Crippen LogP contribution >= 0.6 is 0 Å². The third-order valence-corrected chi connectivity index (χ3v) is 4.16. The van der Waals surface area contributed by atoms with Crippen LogP contribution in [0.2, 0.25) is 0 Å². The molecule has 0 amide bonds. The summed E-state index contributed by atoms with van der Waals surface area (Å²) in [7, 11) is 6.31. The van der Waals surface area contributed by atoms with E-state index in [9.17, 15) is 0 Å². The van der Waals surface area contributed by atoms with E-state index in [1.807, 2.05) is 6.08 Å². The zero-order chi connectivity index (χ0) is 17.7. The topological polar surface area (TPSA) is 6.48 Å². The molecule has 0 fully saturated rings. The Morgan fingerprint density at radius 1 is 1.13 bits per heavy atom. The van der Waals surface area contributed by atoms with Gasteiger partial charge < -0.3 is 4.90 Å². The molecule has 0 aromatic heterocycles. The molecular weight excluding hydrogens is 280 g/mol. The number of rotatable bonds is 12. The molecule has 0 aromatic rings. The fourth-order valence-electron chi connectivity index (χ4n) is 2.23. The average molecular weight is 319 g/mol. The molecule has 0 spiro atoms. The predicted molar refractivity (Wildman–Crippen MR) is 106 cm³/mol. The number of hydrogen-bond donors (Lipinski definition) is 0. The van der Waals surface area contributed by atoms with E-state index in [0.29, 0.717) is 0 Å². The van der Waals surface area contributed by atoms with Gasteiger partial charge in [0, 0.05) is 27.2 Å². The van der Waals surface area contributed by atoms with Crippen molar-refractivity contribution in [2.45, 2.75) is 46.5 Å². The van der Waals surface area contributed by atoms with Crippen LogP contribution in [0.25, 0.3) is 0 Å². The minimum Gasteiger partial charge on any atom is -0.384 e. The third kappa shape index (κ3) is 11.9. The van der Waals surface area contributed by atoms with Gasteiger partial charge in [-0.05, 0) is 45.4 Å². The molecule has 0 heterocycles. The lowest BCUT2D eigenvalue weighted by atomic mass is 10.0. The molecular formula is C21H38N2. The molecule has 2 heteroatoms. The van der Waals surface area contributed by atoms with Gasteiger partial charge in [-0.15, -0.1) is 0 Å². The summed E-state index contributed by atoms with van der Waals surface area (Å²) in [5.41, 5.74) is 2.81. The van der Waals surface area contributed by atoms with E-state index < -0.39 is 0 Å². The second-order valence-corrected chi connectivity index (χ2v) is 6.80. The smallest absolute Gasteiger partial charge is 0.0198 e. The van der Waals surface area contributed by atoms with E-state index in [4.69, 9.17) is 0 Å². The molecule has 0 radical (unpaired) electrons. The summed E-state index contributed by atoms with van der Waals surface area (Å²) in [6.45, 7) is 12.7. The highest BCUT2D eigenvalue weighted by Gasteiger charge is 2.04. The third-order valence-electron chi connectivity index (χ3n) is 4.16. The standard InChI is InChI=1S/C21H38N2/c1-8-19(3)14-10-13-17-23(7)18-21(20(4)9-2)15-11-12-16-22(5)6/h9-10,12-13,16,19H,2,8,11,14-15,17-18H2,1,3-7H3/b13-10-,16-12-,21-20-. The predicted octanol–water partition coefficient (Wildman–Crippen LogP) is 5.27. The Balaban J connectivity index is 4.41. The van der Waals surface area contributed by atoms with Crippen LogP contribution in [-0.2, 0) is 0 Å². The zero-order valence-corrected chi connectivity index (χ0v) is 16.3. The molecule has 1 atom stereocenters. The normalized spacial score (nSPS) is 14.6. The highest BCUT2D eigenvalue weighted by Crippen LogP contribution is 2.14. The van der Waals surface area contributed by atoms with Crippen molar-refractivity contribution in [2.75, 3.05) is 34.2 Å². The van der Waals surface area contributed by atoms with E-state index in [0.717, 1.165) is 31.8 Å². The van der Waals surface area contributed by atoms with Crippen LogP contribution in [0.1, 0.15) is 46.5 Å². The Bertz CT molecular complexity index is 402. The Hall–Kier alpha value is -1.28. The maximum atomic E-state index is 3.93. The molecule has 2 nitrogen and oxygen atoms in total. The molecule has 0 aromatic carbocycles. The van der Waals surface area contributed by atoms with Crippen LogP contribution in [0, 0.1) is 5.92 Å². The fourth-order valence-corrected chi connectivity index (χ4v) is 2.23. The summed E-state index contributed by atoms with van der Waals surface area (Å²) in [6, 6.07) is 0. The van der Waals surface area contributed by atoms with Crippen molar-refractivity contribution in [3.63, 3.8) is 0 Å². The van der Waals surface area contributed by atoms with Gasteiger partial charge in [-0.1, -0.05) is 62.3 Å². The Morgan fingerprint density at radius 2 is 1.83 bits per heavy atom. The van der Waals surface area contributed by atoms with Crippen molar-refractivity contribution in [1.82, 2.24) is 9.80 Å². The molecule has 0 bridgehead atoms. The molecule has 132 valence electrons. The zero-order valence-electron chi connectivity index (χ0n) is 16.3. The Morgan fingerprint density at radius 3 is 2.39 bits per heavy atom. The van der Waals surface area contributed by atoms with Crippen LogP contribution in [0.15, 0.2) is 48.2 Å². The van der Waals surface area contributed by atoms with Crippen molar-refractivity contribution in [1.29, 1.82) is 0 Å². The highest BCUT2D eigenvalue weighted by molar-refractivity contribution is 5.23. The Labute approximate surface area is 145 Å². The molecule has 0 aliphatic heterocycles. The average Bonchev–Trinajstić information content (AvgIpc) is 2.53. The van der Waals surface area contributed by atoms with Crippen LogP contribution in [0.4, 0.5) is 0 Å². The van der Waals surface area contributed by atoms with Gasteiger partial charge in [-0.3, -0.25) is 4.90 Å². The highest BCUT2D eigenvalue weighted by atomic mass is 15.1. The number of allylic oxidation sites excluding steroid dienone is 4. The summed E-state index contributed by atoms with van der Waals surface area (Å²) in [4.78, 5) is 4.46. The lowest BCUT2D eigenvalue weighted by molar-refractivity contribution is 0.396. The number of hydrogen-bond acceptors (Lipinski definition) is 2. The fraction of sp³-hybridized carbons (Fsp3) is 0.619. The van der Waals surface area contributed by atoms with Gasteiger partial charge in [-0.25, -0.2) is 0 Å². The van der Waals surface area contributed by atoms with Gasteiger partial charge in [-0.2, -0.15) is 0 Å². The summed E-state index contributed by atoms with van der Waals surface area (Å²) in [6.07, 6.45) is 15.6. The SMILES string of the molecule is C=C/C(C)=C(/CC/C=C\N(C)C)CN(C)C/C=C\CC(C)CC. The molecule has 0 aliphatic rings. The maximum Gasteiger partial charge on any atom is 0.0198 e. The van der Waals surface area contributed by atoms with E-state index in [1.54, 1.807) is 0 Å². The maximum absolute atomic E-state index is 3.93. The molecule has 0 rings (SSSR count). The van der Waals surface area contributed by atoms with Crippen molar-refractivity contribution in [2.24, 2.45) is 5.92 Å². The van der Waals surface area contributed by atoms with E-state index >= 15 is 0 Å². The van der Waals surface area contributed by atoms with E-state index in [2.05, 4.69) is 82.7 Å². The monoisotopic (exact) mass is 318 g/mol. The minimum atomic E-state index is 0.790. The molecule has 0 saturated carbocycles. The first-order chi connectivity index (χ1) is 10.9. The van der Waals surface area contributed by atoms with Crippen molar-refractivity contribution >= 4 is 0 Å². The number of nitrogens with zero attached hydrogens (tertiary/aromatic N) is 2. The van der Waals surface area contributed by atoms with Crippen LogP contribution in [0.5, 0.6) is 0 Å². The lowest BCUT2D eigenvalue weighted by Crippen LogP contribution is -2.21. The van der Waals surface area contributed by atoms with Gasteiger partial charge in [0.2, 0.25) is 0 Å². The first kappa shape index (κ1) is 21.7. The van der Waals surface area contributed by atoms with E-state index in [1.165, 1.54) is 24.0 Å². The summed E-state index contributed by atoms with van der Waals surface area (Å²) in [5, 5.41) is 0.